The minimum Gasteiger partial charge on any atom is -0.376 e. The summed E-state index contributed by atoms with van der Waals surface area (Å²) >= 11 is 0. The quantitative estimate of drug-likeness (QED) is 0.884. The van der Waals surface area contributed by atoms with Crippen molar-refractivity contribution in [1.82, 2.24) is 19.8 Å². The monoisotopic (exact) mass is 278 g/mol. The fourth-order valence-corrected chi connectivity index (χ4v) is 3.24. The van der Waals surface area contributed by atoms with Crippen LogP contribution in [-0.4, -0.2) is 53.3 Å². The Morgan fingerprint density at radius 1 is 1.45 bits per heavy atom. The normalized spacial score (nSPS) is 27.4. The SMILES string of the molecule is CCC1CN(CCNC2CCCn3ccnc32)CCO1. The summed E-state index contributed by atoms with van der Waals surface area (Å²) in [6, 6.07) is 0.432. The Bertz CT molecular complexity index is 420. The van der Waals surface area contributed by atoms with Crippen LogP contribution < -0.4 is 5.32 Å². The number of nitrogens with one attached hydrogen (secondary N) is 1. The highest BCUT2D eigenvalue weighted by Crippen LogP contribution is 2.22. The Morgan fingerprint density at radius 2 is 2.40 bits per heavy atom. The van der Waals surface area contributed by atoms with Crippen LogP contribution in [0.3, 0.4) is 0 Å². The van der Waals surface area contributed by atoms with Gasteiger partial charge in [-0.15, -0.1) is 0 Å². The van der Waals surface area contributed by atoms with Gasteiger partial charge < -0.3 is 14.6 Å². The van der Waals surface area contributed by atoms with E-state index in [4.69, 9.17) is 4.74 Å². The summed E-state index contributed by atoms with van der Waals surface area (Å²) in [4.78, 5) is 7.01. The van der Waals surface area contributed by atoms with Crippen molar-refractivity contribution in [1.29, 1.82) is 0 Å². The number of rotatable bonds is 5. The first kappa shape index (κ1) is 14.0. The smallest absolute Gasteiger partial charge is 0.125 e. The maximum Gasteiger partial charge on any atom is 0.125 e. The number of aromatic nitrogens is 2. The van der Waals surface area contributed by atoms with Crippen molar-refractivity contribution >= 4 is 0 Å². The van der Waals surface area contributed by atoms with E-state index in [1.54, 1.807) is 0 Å². The van der Waals surface area contributed by atoms with Gasteiger partial charge in [0, 0.05) is 45.1 Å². The highest BCUT2D eigenvalue weighted by molar-refractivity contribution is 5.02. The third-order valence-corrected chi connectivity index (χ3v) is 4.45. The minimum atomic E-state index is 0.428. The number of imidazole rings is 1. The lowest BCUT2D eigenvalue weighted by atomic mass is 10.1. The first-order valence-corrected chi connectivity index (χ1v) is 7.95. The fourth-order valence-electron chi connectivity index (χ4n) is 3.24. The highest BCUT2D eigenvalue weighted by Gasteiger charge is 2.22. The predicted octanol–water partition coefficient (Wildman–Crippen LogP) is 1.42. The van der Waals surface area contributed by atoms with Crippen molar-refractivity contribution in [3.8, 4) is 0 Å². The molecule has 0 saturated carbocycles. The van der Waals surface area contributed by atoms with Crippen LogP contribution in [0.5, 0.6) is 0 Å². The van der Waals surface area contributed by atoms with Crippen LogP contribution in [0.2, 0.25) is 0 Å². The fraction of sp³-hybridized carbons (Fsp3) is 0.800. The third-order valence-electron chi connectivity index (χ3n) is 4.45. The van der Waals surface area contributed by atoms with E-state index in [1.807, 2.05) is 6.20 Å². The zero-order chi connectivity index (χ0) is 13.8. The molecule has 0 spiro atoms. The standard InChI is InChI=1S/C15H26N4O/c1-2-13-12-18(10-11-20-13)8-5-16-14-4-3-7-19-9-6-17-15(14)19/h6,9,13-14,16H,2-5,7-8,10-12H2,1H3. The van der Waals surface area contributed by atoms with E-state index in [-0.39, 0.29) is 0 Å². The van der Waals surface area contributed by atoms with Crippen LogP contribution in [0.4, 0.5) is 0 Å². The van der Waals surface area contributed by atoms with Crippen LogP contribution >= 0.6 is 0 Å². The summed E-state index contributed by atoms with van der Waals surface area (Å²) in [5.74, 6) is 1.21. The minimum absolute atomic E-state index is 0.428. The molecule has 20 heavy (non-hydrogen) atoms. The molecule has 2 unspecified atom stereocenters. The Morgan fingerprint density at radius 3 is 3.30 bits per heavy atom. The second kappa shape index (κ2) is 6.70. The third kappa shape index (κ3) is 3.22. The number of hydrogen-bond donors (Lipinski definition) is 1. The average molecular weight is 278 g/mol. The van der Waals surface area contributed by atoms with Crippen molar-refractivity contribution in [2.45, 2.75) is 44.9 Å². The van der Waals surface area contributed by atoms with E-state index in [0.717, 1.165) is 45.8 Å². The van der Waals surface area contributed by atoms with E-state index in [2.05, 4.69) is 32.9 Å². The van der Waals surface area contributed by atoms with Crippen molar-refractivity contribution in [2.75, 3.05) is 32.8 Å². The zero-order valence-electron chi connectivity index (χ0n) is 12.4. The second-order valence-electron chi connectivity index (χ2n) is 5.83. The largest absolute Gasteiger partial charge is 0.376 e. The highest BCUT2D eigenvalue weighted by atomic mass is 16.5. The van der Waals surface area contributed by atoms with Gasteiger partial charge in [0.2, 0.25) is 0 Å². The number of ether oxygens (including phenoxy) is 1. The molecule has 2 atom stereocenters. The Labute approximate surface area is 121 Å². The first-order valence-electron chi connectivity index (χ1n) is 7.95. The number of fused-ring (bicyclic) bond motifs is 1. The molecular weight excluding hydrogens is 252 g/mol. The van der Waals surface area contributed by atoms with Gasteiger partial charge >= 0.3 is 0 Å². The molecule has 5 heteroatoms. The second-order valence-corrected chi connectivity index (χ2v) is 5.83. The van der Waals surface area contributed by atoms with E-state index < -0.39 is 0 Å². The molecule has 1 fully saturated rings. The molecule has 1 aromatic heterocycles. The number of hydrogen-bond acceptors (Lipinski definition) is 4. The topological polar surface area (TPSA) is 42.3 Å². The van der Waals surface area contributed by atoms with Gasteiger partial charge in [-0.2, -0.15) is 0 Å². The molecule has 5 nitrogen and oxygen atoms in total. The van der Waals surface area contributed by atoms with Crippen molar-refractivity contribution in [3.05, 3.63) is 18.2 Å². The maximum atomic E-state index is 5.71. The van der Waals surface area contributed by atoms with Gasteiger partial charge in [-0.05, 0) is 19.3 Å². The molecule has 0 aromatic carbocycles. The lowest BCUT2D eigenvalue weighted by Gasteiger charge is -2.33. The molecule has 3 rings (SSSR count). The van der Waals surface area contributed by atoms with E-state index in [0.29, 0.717) is 12.1 Å². The lowest BCUT2D eigenvalue weighted by Crippen LogP contribution is -2.45. The zero-order valence-corrected chi connectivity index (χ0v) is 12.4. The molecule has 1 saturated heterocycles. The average Bonchev–Trinajstić information content (AvgIpc) is 2.97. The summed E-state index contributed by atoms with van der Waals surface area (Å²) in [7, 11) is 0. The summed E-state index contributed by atoms with van der Waals surface area (Å²) in [5.41, 5.74) is 0. The van der Waals surface area contributed by atoms with Crippen LogP contribution in [-0.2, 0) is 11.3 Å². The Balaban J connectivity index is 1.44. The molecule has 1 N–H and O–H groups in total. The van der Waals surface area contributed by atoms with Gasteiger partial charge in [0.1, 0.15) is 5.82 Å². The molecule has 0 amide bonds. The van der Waals surface area contributed by atoms with Crippen LogP contribution in [0.1, 0.15) is 38.1 Å². The number of aryl methyl sites for hydroxylation is 1. The first-order chi connectivity index (χ1) is 9.86. The lowest BCUT2D eigenvalue weighted by molar-refractivity contribution is -0.0293. The summed E-state index contributed by atoms with van der Waals surface area (Å²) in [6.45, 7) is 8.50. The van der Waals surface area contributed by atoms with Gasteiger partial charge in [-0.1, -0.05) is 6.92 Å². The maximum absolute atomic E-state index is 5.71. The van der Waals surface area contributed by atoms with Crippen LogP contribution in [0.25, 0.3) is 0 Å². The molecule has 0 aliphatic carbocycles. The van der Waals surface area contributed by atoms with Gasteiger partial charge in [0.05, 0.1) is 18.8 Å². The van der Waals surface area contributed by atoms with E-state index >= 15 is 0 Å². The molecule has 112 valence electrons. The van der Waals surface area contributed by atoms with Crippen molar-refractivity contribution in [2.24, 2.45) is 0 Å². The summed E-state index contributed by atoms with van der Waals surface area (Å²) in [5, 5.41) is 3.68. The van der Waals surface area contributed by atoms with Crippen LogP contribution in [0.15, 0.2) is 12.4 Å². The van der Waals surface area contributed by atoms with Crippen molar-refractivity contribution < 1.29 is 4.74 Å². The molecule has 2 aliphatic rings. The predicted molar refractivity (Wildman–Crippen MR) is 78.7 cm³/mol. The Kier molecular flexibility index (Phi) is 4.70. The molecule has 0 radical (unpaired) electrons. The van der Waals surface area contributed by atoms with E-state index in [1.165, 1.54) is 18.7 Å². The van der Waals surface area contributed by atoms with Gasteiger partial charge in [0.15, 0.2) is 0 Å². The van der Waals surface area contributed by atoms with Gasteiger partial charge in [0.25, 0.3) is 0 Å². The van der Waals surface area contributed by atoms with Gasteiger partial charge in [-0.3, -0.25) is 4.90 Å². The van der Waals surface area contributed by atoms with Crippen molar-refractivity contribution in [3.63, 3.8) is 0 Å². The molecular formula is C15H26N4O. The number of nitrogens with zero attached hydrogens (tertiary/aromatic N) is 3. The molecule has 3 heterocycles. The summed E-state index contributed by atoms with van der Waals surface area (Å²) < 4.78 is 8.00. The van der Waals surface area contributed by atoms with Crippen LogP contribution in [0, 0.1) is 0 Å². The number of morpholine rings is 1. The van der Waals surface area contributed by atoms with E-state index in [9.17, 15) is 0 Å². The summed E-state index contributed by atoms with van der Waals surface area (Å²) in [6.07, 6.45) is 8.01. The molecule has 2 aliphatic heterocycles. The Hall–Kier alpha value is -0.910. The molecule has 1 aromatic rings. The molecule has 0 bridgehead atoms. The van der Waals surface area contributed by atoms with Gasteiger partial charge in [-0.25, -0.2) is 4.98 Å².